The molecule has 2 rings (SSSR count). The van der Waals surface area contributed by atoms with Crippen LogP contribution in [-0.4, -0.2) is 23.7 Å². The van der Waals surface area contributed by atoms with Gasteiger partial charge in [-0.3, -0.25) is 4.79 Å². The third kappa shape index (κ3) is 4.54. The van der Waals surface area contributed by atoms with E-state index in [0.717, 1.165) is 0 Å². The lowest BCUT2D eigenvalue weighted by atomic mass is 10.0. The first kappa shape index (κ1) is 17.4. The molecule has 0 spiro atoms. The van der Waals surface area contributed by atoms with Crippen molar-refractivity contribution in [1.82, 2.24) is 5.32 Å². The van der Waals surface area contributed by atoms with Crippen LogP contribution in [0.4, 0.5) is 4.39 Å². The number of halogens is 1. The van der Waals surface area contributed by atoms with Gasteiger partial charge in [0, 0.05) is 0 Å². The van der Waals surface area contributed by atoms with Gasteiger partial charge in [-0.25, -0.2) is 4.39 Å². The molecule has 5 nitrogen and oxygen atoms in total. The summed E-state index contributed by atoms with van der Waals surface area (Å²) in [7, 11) is 0. The maximum absolute atomic E-state index is 12.9. The Morgan fingerprint density at radius 3 is 2.62 bits per heavy atom. The Bertz CT molecular complexity index is 741. The van der Waals surface area contributed by atoms with Crippen LogP contribution in [0.3, 0.4) is 0 Å². The van der Waals surface area contributed by atoms with E-state index >= 15 is 0 Å². The molecule has 0 bridgehead atoms. The number of nitrogens with zero attached hydrogens (tertiary/aromatic N) is 1. The first-order chi connectivity index (χ1) is 11.5. The summed E-state index contributed by atoms with van der Waals surface area (Å²) in [6, 6.07) is 13.4. The van der Waals surface area contributed by atoms with Crippen LogP contribution in [0.25, 0.3) is 0 Å². The monoisotopic (exact) mass is 328 g/mol. The smallest absolute Gasteiger partial charge is 0.258 e. The van der Waals surface area contributed by atoms with Gasteiger partial charge in [0.25, 0.3) is 5.91 Å². The number of rotatable bonds is 6. The molecule has 0 saturated carbocycles. The summed E-state index contributed by atoms with van der Waals surface area (Å²) in [4.78, 5) is 11.9. The van der Waals surface area contributed by atoms with Crippen molar-refractivity contribution in [2.45, 2.75) is 19.1 Å². The summed E-state index contributed by atoms with van der Waals surface area (Å²) in [5.41, 5.74) is 0.838. The van der Waals surface area contributed by atoms with Crippen molar-refractivity contribution in [2.24, 2.45) is 0 Å². The van der Waals surface area contributed by atoms with Crippen LogP contribution in [0.15, 0.2) is 48.5 Å². The highest BCUT2D eigenvalue weighted by Crippen LogP contribution is 2.18. The summed E-state index contributed by atoms with van der Waals surface area (Å²) >= 11 is 0. The van der Waals surface area contributed by atoms with Crippen molar-refractivity contribution in [2.75, 3.05) is 6.61 Å². The number of ether oxygens (including phenoxy) is 1. The third-order valence-corrected chi connectivity index (χ3v) is 3.44. The molecule has 0 aromatic heterocycles. The zero-order valence-corrected chi connectivity index (χ0v) is 13.1. The molecular formula is C18H17FN2O3. The van der Waals surface area contributed by atoms with Gasteiger partial charge in [0.05, 0.1) is 17.7 Å². The number of carbonyl (C=O) groups excluding carboxylic acids is 1. The van der Waals surface area contributed by atoms with Crippen molar-refractivity contribution >= 4 is 5.91 Å². The Balaban J connectivity index is 1.89. The number of hydrogen-bond acceptors (Lipinski definition) is 4. The Morgan fingerprint density at radius 2 is 1.96 bits per heavy atom. The lowest BCUT2D eigenvalue weighted by Crippen LogP contribution is -2.39. The van der Waals surface area contributed by atoms with Gasteiger partial charge in [0.15, 0.2) is 6.61 Å². The molecule has 0 radical (unpaired) electrons. The highest BCUT2D eigenvalue weighted by Gasteiger charge is 2.19. The van der Waals surface area contributed by atoms with E-state index in [4.69, 9.17) is 10.00 Å². The number of para-hydroxylation sites is 1. The van der Waals surface area contributed by atoms with Crippen molar-refractivity contribution in [3.63, 3.8) is 0 Å². The maximum Gasteiger partial charge on any atom is 0.258 e. The van der Waals surface area contributed by atoms with Gasteiger partial charge < -0.3 is 15.2 Å². The predicted molar refractivity (Wildman–Crippen MR) is 85.6 cm³/mol. The van der Waals surface area contributed by atoms with E-state index < -0.39 is 23.9 Å². The van der Waals surface area contributed by atoms with Crippen molar-refractivity contribution in [3.05, 3.63) is 65.5 Å². The van der Waals surface area contributed by atoms with Gasteiger partial charge in [0.2, 0.25) is 0 Å². The van der Waals surface area contributed by atoms with Crippen LogP contribution in [-0.2, 0) is 4.79 Å². The zero-order valence-electron chi connectivity index (χ0n) is 13.1. The number of carbonyl (C=O) groups is 1. The van der Waals surface area contributed by atoms with E-state index in [-0.39, 0.29) is 6.61 Å². The van der Waals surface area contributed by atoms with Crippen LogP contribution in [0.2, 0.25) is 0 Å². The molecule has 2 unspecified atom stereocenters. The van der Waals surface area contributed by atoms with E-state index in [9.17, 15) is 14.3 Å². The van der Waals surface area contributed by atoms with Crippen LogP contribution >= 0.6 is 0 Å². The number of aliphatic hydroxyl groups excluding tert-OH is 1. The normalized spacial score (nSPS) is 12.8. The summed E-state index contributed by atoms with van der Waals surface area (Å²) in [5.74, 6) is -0.509. The third-order valence-electron chi connectivity index (χ3n) is 3.44. The van der Waals surface area contributed by atoms with Gasteiger partial charge in [-0.2, -0.15) is 5.26 Å². The first-order valence-corrected chi connectivity index (χ1v) is 7.36. The summed E-state index contributed by atoms with van der Waals surface area (Å²) < 4.78 is 18.2. The Morgan fingerprint density at radius 1 is 1.29 bits per heavy atom. The van der Waals surface area contributed by atoms with Crippen molar-refractivity contribution in [1.29, 1.82) is 5.26 Å². The van der Waals surface area contributed by atoms with Crippen molar-refractivity contribution in [3.8, 4) is 11.8 Å². The fourth-order valence-electron chi connectivity index (χ4n) is 2.15. The molecule has 0 saturated heterocycles. The Labute approximate surface area is 139 Å². The minimum atomic E-state index is -0.971. The quantitative estimate of drug-likeness (QED) is 0.852. The average molecular weight is 328 g/mol. The molecular weight excluding hydrogens is 311 g/mol. The number of benzene rings is 2. The molecule has 0 aliphatic carbocycles. The largest absolute Gasteiger partial charge is 0.482 e. The highest BCUT2D eigenvalue weighted by atomic mass is 19.1. The SMILES string of the molecule is CC(NC(=O)COc1ccccc1C#N)C(O)c1ccc(F)cc1. The predicted octanol–water partition coefficient (Wildman–Crippen LogP) is 2.31. The van der Waals surface area contributed by atoms with Crippen LogP contribution in [0.5, 0.6) is 5.75 Å². The molecule has 1 amide bonds. The number of nitrogens with one attached hydrogen (secondary N) is 1. The van der Waals surface area contributed by atoms with E-state index in [1.165, 1.54) is 24.3 Å². The molecule has 0 aliphatic rings. The number of amides is 1. The second kappa shape index (κ2) is 8.09. The topological polar surface area (TPSA) is 82.3 Å². The fourth-order valence-corrected chi connectivity index (χ4v) is 2.15. The Kier molecular flexibility index (Phi) is 5.88. The number of hydrogen-bond donors (Lipinski definition) is 2. The molecule has 124 valence electrons. The summed E-state index contributed by atoms with van der Waals surface area (Å²) in [5, 5.41) is 21.7. The van der Waals surface area contributed by atoms with Gasteiger partial charge in [0.1, 0.15) is 17.6 Å². The second-order valence-corrected chi connectivity index (χ2v) is 5.25. The van der Waals surface area contributed by atoms with E-state index in [1.54, 1.807) is 31.2 Å². The molecule has 24 heavy (non-hydrogen) atoms. The van der Waals surface area contributed by atoms with Gasteiger partial charge in [-0.1, -0.05) is 24.3 Å². The first-order valence-electron chi connectivity index (χ1n) is 7.36. The van der Waals surface area contributed by atoms with E-state index in [2.05, 4.69) is 5.32 Å². The molecule has 2 N–H and O–H groups in total. The maximum atomic E-state index is 12.9. The summed E-state index contributed by atoms with van der Waals surface area (Å²) in [6.07, 6.45) is -0.971. The fraction of sp³-hybridized carbons (Fsp3) is 0.222. The number of aliphatic hydroxyl groups is 1. The lowest BCUT2D eigenvalue weighted by molar-refractivity contribution is -0.124. The van der Waals surface area contributed by atoms with Crippen LogP contribution < -0.4 is 10.1 Å². The molecule has 2 aromatic rings. The van der Waals surface area contributed by atoms with Gasteiger partial charge in [-0.05, 0) is 36.8 Å². The van der Waals surface area contributed by atoms with Crippen LogP contribution in [0, 0.1) is 17.1 Å². The summed E-state index contributed by atoms with van der Waals surface area (Å²) in [6.45, 7) is 1.36. The second-order valence-electron chi connectivity index (χ2n) is 5.25. The highest BCUT2D eigenvalue weighted by molar-refractivity contribution is 5.78. The Hall–Kier alpha value is -2.91. The van der Waals surface area contributed by atoms with E-state index in [1.807, 2.05) is 6.07 Å². The van der Waals surface area contributed by atoms with Gasteiger partial charge in [-0.15, -0.1) is 0 Å². The minimum Gasteiger partial charge on any atom is -0.482 e. The van der Waals surface area contributed by atoms with Crippen LogP contribution in [0.1, 0.15) is 24.2 Å². The van der Waals surface area contributed by atoms with Crippen molar-refractivity contribution < 1.29 is 19.0 Å². The van der Waals surface area contributed by atoms with E-state index in [0.29, 0.717) is 16.9 Å². The average Bonchev–Trinajstić information content (AvgIpc) is 2.60. The molecule has 6 heteroatoms. The minimum absolute atomic E-state index is 0.279. The molecule has 0 heterocycles. The number of nitriles is 1. The van der Waals surface area contributed by atoms with Gasteiger partial charge >= 0.3 is 0 Å². The standard InChI is InChI=1S/C18H17FN2O3/c1-12(18(23)13-6-8-15(19)9-7-13)21-17(22)11-24-16-5-3-2-4-14(16)10-20/h2-9,12,18,23H,11H2,1H3,(H,21,22). The lowest BCUT2D eigenvalue weighted by Gasteiger charge is -2.20. The molecule has 0 aliphatic heterocycles. The molecule has 2 atom stereocenters. The molecule has 0 fully saturated rings. The molecule has 2 aromatic carbocycles. The zero-order chi connectivity index (χ0) is 17.5.